The van der Waals surface area contributed by atoms with Crippen LogP contribution in [0.25, 0.3) is 0 Å². The van der Waals surface area contributed by atoms with Crippen molar-refractivity contribution in [1.29, 1.82) is 0 Å². The zero-order chi connectivity index (χ0) is 3.86. The molecule has 1 saturated carbocycles. The summed E-state index contributed by atoms with van der Waals surface area (Å²) >= 11 is 5.16. The SMILES string of the molecule is F[C@@H]1C[C@H]1Cl. The first-order valence-corrected chi connectivity index (χ1v) is 2.02. The second kappa shape index (κ2) is 0.839. The summed E-state index contributed by atoms with van der Waals surface area (Å²) in [6.45, 7) is 0. The van der Waals surface area contributed by atoms with Gasteiger partial charge in [-0.2, -0.15) is 0 Å². The first kappa shape index (κ1) is 3.41. The Morgan fingerprint density at radius 3 is 2.00 bits per heavy atom. The third-order valence-corrected chi connectivity index (χ3v) is 1.09. The van der Waals surface area contributed by atoms with E-state index in [0.29, 0.717) is 6.42 Å². The van der Waals surface area contributed by atoms with Crippen molar-refractivity contribution in [3.8, 4) is 0 Å². The Balaban J connectivity index is 2.20. The van der Waals surface area contributed by atoms with Gasteiger partial charge >= 0.3 is 0 Å². The average Bonchev–Trinajstić information content (AvgIpc) is 1.79. The maximum absolute atomic E-state index is 11.4. The van der Waals surface area contributed by atoms with E-state index >= 15 is 0 Å². The molecule has 1 fully saturated rings. The Morgan fingerprint density at radius 2 is 2.00 bits per heavy atom. The predicted molar refractivity (Wildman–Crippen MR) is 19.2 cm³/mol. The van der Waals surface area contributed by atoms with E-state index in [1.807, 2.05) is 0 Å². The van der Waals surface area contributed by atoms with Gasteiger partial charge in [-0.15, -0.1) is 11.6 Å². The number of hydrogen-bond acceptors (Lipinski definition) is 0. The molecular formula is C3H4ClF. The molecule has 0 aromatic carbocycles. The van der Waals surface area contributed by atoms with E-state index in [9.17, 15) is 4.39 Å². The third-order valence-electron chi connectivity index (χ3n) is 0.640. The molecule has 0 aromatic heterocycles. The topological polar surface area (TPSA) is 0 Å². The molecule has 2 atom stereocenters. The molecule has 2 heteroatoms. The van der Waals surface area contributed by atoms with Gasteiger partial charge in [0.25, 0.3) is 0 Å². The average molecular weight is 94.5 g/mol. The van der Waals surface area contributed by atoms with E-state index in [2.05, 4.69) is 0 Å². The highest BCUT2D eigenvalue weighted by Gasteiger charge is 2.34. The molecule has 0 aromatic rings. The fraction of sp³-hybridized carbons (Fsp3) is 1.00. The van der Waals surface area contributed by atoms with Gasteiger partial charge in [0.15, 0.2) is 0 Å². The molecular weight excluding hydrogens is 90.5 g/mol. The number of alkyl halides is 2. The zero-order valence-corrected chi connectivity index (χ0v) is 3.37. The standard InChI is InChI=1S/C3H4ClF/c4-2-1-3(2)5/h2-3H,1H2/t2-,3-/m1/s1. The van der Waals surface area contributed by atoms with Gasteiger partial charge in [0.1, 0.15) is 6.17 Å². The molecule has 1 rings (SSSR count). The lowest BCUT2D eigenvalue weighted by molar-refractivity contribution is 0.481. The Bertz CT molecular complexity index is 40.2. The number of hydrogen-bond donors (Lipinski definition) is 0. The molecule has 0 nitrogen and oxygen atoms in total. The Morgan fingerprint density at radius 1 is 1.80 bits per heavy atom. The Hall–Kier alpha value is 0.220. The van der Waals surface area contributed by atoms with Gasteiger partial charge in [-0.3, -0.25) is 0 Å². The van der Waals surface area contributed by atoms with Crippen LogP contribution >= 0.6 is 11.6 Å². The summed E-state index contributed by atoms with van der Waals surface area (Å²) in [5.74, 6) is 0. The molecule has 0 aliphatic heterocycles. The predicted octanol–water partition coefficient (Wildman–Crippen LogP) is 1.34. The Labute approximate surface area is 34.9 Å². The third kappa shape index (κ3) is 0.538. The summed E-state index contributed by atoms with van der Waals surface area (Å²) in [5, 5.41) is -0.144. The second-order valence-electron chi connectivity index (χ2n) is 1.27. The lowest BCUT2D eigenvalue weighted by Gasteiger charge is -1.61. The van der Waals surface area contributed by atoms with Gasteiger partial charge < -0.3 is 0 Å². The van der Waals surface area contributed by atoms with Gasteiger partial charge in [0.2, 0.25) is 0 Å². The van der Waals surface area contributed by atoms with Gasteiger partial charge in [-0.05, 0) is 6.42 Å². The minimum atomic E-state index is -0.684. The minimum Gasteiger partial charge on any atom is -0.246 e. The molecule has 1 aliphatic carbocycles. The van der Waals surface area contributed by atoms with Gasteiger partial charge in [0.05, 0.1) is 5.38 Å². The minimum absolute atomic E-state index is 0.144. The zero-order valence-electron chi connectivity index (χ0n) is 2.62. The molecule has 0 heterocycles. The molecule has 30 valence electrons. The maximum atomic E-state index is 11.4. The van der Waals surface area contributed by atoms with E-state index < -0.39 is 6.17 Å². The van der Waals surface area contributed by atoms with Crippen LogP contribution in [-0.2, 0) is 0 Å². The Kier molecular flexibility index (Phi) is 0.573. The first-order chi connectivity index (χ1) is 2.30. The largest absolute Gasteiger partial charge is 0.246 e. The molecule has 0 N–H and O–H groups in total. The maximum Gasteiger partial charge on any atom is 0.118 e. The lowest BCUT2D eigenvalue weighted by Crippen LogP contribution is -1.66. The fourth-order valence-corrected chi connectivity index (χ4v) is 0.307. The molecule has 0 saturated heterocycles. The second-order valence-corrected chi connectivity index (χ2v) is 1.83. The molecule has 5 heavy (non-hydrogen) atoms. The quantitative estimate of drug-likeness (QED) is 0.398. The van der Waals surface area contributed by atoms with Crippen molar-refractivity contribution in [2.45, 2.75) is 18.0 Å². The summed E-state index contributed by atoms with van der Waals surface area (Å²) in [4.78, 5) is 0. The normalized spacial score (nSPS) is 49.2. The van der Waals surface area contributed by atoms with Crippen molar-refractivity contribution in [1.82, 2.24) is 0 Å². The van der Waals surface area contributed by atoms with E-state index in [4.69, 9.17) is 11.6 Å². The molecule has 1 aliphatic rings. The summed E-state index contributed by atoms with van der Waals surface area (Å²) in [5.41, 5.74) is 0. The highest BCUT2D eigenvalue weighted by Crippen LogP contribution is 2.30. The van der Waals surface area contributed by atoms with Crippen LogP contribution in [0.1, 0.15) is 6.42 Å². The van der Waals surface area contributed by atoms with Crippen molar-refractivity contribution >= 4 is 11.6 Å². The molecule has 0 unspecified atom stereocenters. The van der Waals surface area contributed by atoms with Crippen LogP contribution in [-0.4, -0.2) is 11.5 Å². The highest BCUT2D eigenvalue weighted by atomic mass is 35.5. The van der Waals surface area contributed by atoms with E-state index in [0.717, 1.165) is 0 Å². The fourth-order valence-electron chi connectivity index (χ4n) is 0.137. The van der Waals surface area contributed by atoms with Crippen molar-refractivity contribution < 1.29 is 4.39 Å². The summed E-state index contributed by atoms with van der Waals surface area (Å²) in [6, 6.07) is 0. The van der Waals surface area contributed by atoms with Crippen molar-refractivity contribution in [2.24, 2.45) is 0 Å². The monoisotopic (exact) mass is 94.0 g/mol. The van der Waals surface area contributed by atoms with Crippen LogP contribution in [0.2, 0.25) is 0 Å². The van der Waals surface area contributed by atoms with E-state index in [1.165, 1.54) is 0 Å². The van der Waals surface area contributed by atoms with Gasteiger partial charge in [0, 0.05) is 0 Å². The van der Waals surface area contributed by atoms with Crippen molar-refractivity contribution in [3.05, 3.63) is 0 Å². The molecule has 0 bridgehead atoms. The van der Waals surface area contributed by atoms with Crippen molar-refractivity contribution in [3.63, 3.8) is 0 Å². The van der Waals surface area contributed by atoms with Crippen LogP contribution in [0.5, 0.6) is 0 Å². The first-order valence-electron chi connectivity index (χ1n) is 1.59. The molecule has 0 radical (unpaired) electrons. The van der Waals surface area contributed by atoms with Crippen LogP contribution < -0.4 is 0 Å². The molecule has 0 amide bonds. The van der Waals surface area contributed by atoms with Crippen LogP contribution in [0.3, 0.4) is 0 Å². The van der Waals surface area contributed by atoms with E-state index in [-0.39, 0.29) is 5.38 Å². The highest BCUT2D eigenvalue weighted by molar-refractivity contribution is 6.22. The van der Waals surface area contributed by atoms with Crippen LogP contribution in [0.15, 0.2) is 0 Å². The van der Waals surface area contributed by atoms with Crippen molar-refractivity contribution in [2.75, 3.05) is 0 Å². The lowest BCUT2D eigenvalue weighted by atomic mass is 10.9. The smallest absolute Gasteiger partial charge is 0.118 e. The van der Waals surface area contributed by atoms with Crippen LogP contribution in [0, 0.1) is 0 Å². The summed E-state index contributed by atoms with van der Waals surface area (Å²) in [7, 11) is 0. The molecule has 0 spiro atoms. The summed E-state index contributed by atoms with van der Waals surface area (Å²) < 4.78 is 11.4. The van der Waals surface area contributed by atoms with Gasteiger partial charge in [-0.25, -0.2) is 4.39 Å². The summed E-state index contributed by atoms with van der Waals surface area (Å²) in [6.07, 6.45) is -0.113. The van der Waals surface area contributed by atoms with Gasteiger partial charge in [-0.1, -0.05) is 0 Å². The van der Waals surface area contributed by atoms with E-state index in [1.54, 1.807) is 0 Å². The number of rotatable bonds is 0. The number of halogens is 2. The van der Waals surface area contributed by atoms with Crippen LogP contribution in [0.4, 0.5) is 4.39 Å².